The minimum atomic E-state index is -0.659. The summed E-state index contributed by atoms with van der Waals surface area (Å²) in [6.45, 7) is 0. The molecule has 2 rings (SSSR count). The van der Waals surface area contributed by atoms with Crippen LogP contribution in [0.1, 0.15) is 0 Å². The number of H-pyrrole nitrogens is 1. The second kappa shape index (κ2) is 2.51. The van der Waals surface area contributed by atoms with Crippen LogP contribution < -0.4 is 5.73 Å². The smallest absolute Gasteiger partial charge is 0.225 e. The maximum atomic E-state index is 13.1. The van der Waals surface area contributed by atoms with Gasteiger partial charge in [-0.05, 0) is 5.21 Å². The quantitative estimate of drug-likeness (QED) is 0.610. The highest BCUT2D eigenvalue weighted by atomic mass is 19.1. The number of tetrazole rings is 1. The Bertz CT molecular complexity index is 430. The zero-order valence-corrected chi connectivity index (χ0v) is 6.69. The molecule has 3 N–H and O–H groups in total. The molecule has 7 nitrogen and oxygen atoms in total. The molecule has 0 saturated heterocycles. The number of hydrogen-bond acceptors (Lipinski definition) is 5. The summed E-state index contributed by atoms with van der Waals surface area (Å²) in [5.41, 5.74) is 5.23. The van der Waals surface area contributed by atoms with Crippen molar-refractivity contribution in [2.75, 3.05) is 5.73 Å². The van der Waals surface area contributed by atoms with Crippen molar-refractivity contribution in [3.05, 3.63) is 5.82 Å². The van der Waals surface area contributed by atoms with Gasteiger partial charge in [0.2, 0.25) is 5.82 Å². The van der Waals surface area contributed by atoms with E-state index in [-0.39, 0.29) is 17.3 Å². The second-order valence-electron chi connectivity index (χ2n) is 2.40. The summed E-state index contributed by atoms with van der Waals surface area (Å²) >= 11 is 0. The molecule has 2 aromatic heterocycles. The monoisotopic (exact) mass is 183 g/mol. The number of aryl methyl sites for hydroxylation is 1. The van der Waals surface area contributed by atoms with E-state index < -0.39 is 5.82 Å². The molecular formula is C5H6FN7. The molecule has 0 atom stereocenters. The lowest BCUT2D eigenvalue weighted by Crippen LogP contribution is -1.92. The molecule has 0 spiro atoms. The molecule has 0 saturated carbocycles. The Hall–Kier alpha value is -1.99. The molecule has 0 radical (unpaired) electrons. The molecule has 68 valence electrons. The predicted octanol–water partition coefficient (Wildman–Crippen LogP) is -0.679. The van der Waals surface area contributed by atoms with Crippen molar-refractivity contribution in [1.82, 2.24) is 30.4 Å². The van der Waals surface area contributed by atoms with Gasteiger partial charge in [-0.25, -0.2) is 4.39 Å². The number of halogens is 1. The second-order valence-corrected chi connectivity index (χ2v) is 2.40. The van der Waals surface area contributed by atoms with Gasteiger partial charge >= 0.3 is 0 Å². The molecule has 2 heterocycles. The first-order chi connectivity index (χ1) is 6.18. The Morgan fingerprint density at radius 3 is 2.77 bits per heavy atom. The van der Waals surface area contributed by atoms with Gasteiger partial charge in [-0.15, -0.1) is 10.2 Å². The number of nitrogens with zero attached hydrogens (tertiary/aromatic N) is 5. The van der Waals surface area contributed by atoms with E-state index in [0.29, 0.717) is 0 Å². The maximum absolute atomic E-state index is 13.1. The van der Waals surface area contributed by atoms with Gasteiger partial charge in [-0.2, -0.15) is 9.90 Å². The molecule has 0 aliphatic carbocycles. The van der Waals surface area contributed by atoms with Crippen LogP contribution >= 0.6 is 0 Å². The summed E-state index contributed by atoms with van der Waals surface area (Å²) in [5.74, 6) is -0.736. The Morgan fingerprint density at radius 2 is 2.31 bits per heavy atom. The number of rotatable bonds is 1. The first-order valence-electron chi connectivity index (χ1n) is 3.42. The molecule has 0 aromatic carbocycles. The average molecular weight is 183 g/mol. The van der Waals surface area contributed by atoms with Crippen molar-refractivity contribution >= 4 is 5.82 Å². The van der Waals surface area contributed by atoms with E-state index in [1.807, 2.05) is 0 Å². The van der Waals surface area contributed by atoms with Crippen LogP contribution in [-0.4, -0.2) is 30.4 Å². The van der Waals surface area contributed by atoms with Gasteiger partial charge in [0, 0.05) is 0 Å². The lowest BCUT2D eigenvalue weighted by molar-refractivity contribution is 0.627. The zero-order chi connectivity index (χ0) is 9.42. The van der Waals surface area contributed by atoms with E-state index in [4.69, 9.17) is 5.73 Å². The highest BCUT2D eigenvalue weighted by Crippen LogP contribution is 2.18. The van der Waals surface area contributed by atoms with Crippen LogP contribution in [0.4, 0.5) is 10.2 Å². The van der Waals surface area contributed by atoms with Crippen molar-refractivity contribution in [3.8, 4) is 11.5 Å². The third kappa shape index (κ3) is 1.11. The van der Waals surface area contributed by atoms with Gasteiger partial charge in [-0.1, -0.05) is 0 Å². The highest BCUT2D eigenvalue weighted by molar-refractivity contribution is 5.54. The van der Waals surface area contributed by atoms with E-state index in [0.717, 1.165) is 0 Å². The summed E-state index contributed by atoms with van der Waals surface area (Å²) in [5, 5.41) is 16.8. The van der Waals surface area contributed by atoms with Gasteiger partial charge in [0.25, 0.3) is 0 Å². The Morgan fingerprint density at radius 1 is 1.54 bits per heavy atom. The maximum Gasteiger partial charge on any atom is 0.225 e. The van der Waals surface area contributed by atoms with E-state index in [9.17, 15) is 4.39 Å². The molecular weight excluding hydrogens is 177 g/mol. The Labute approximate surface area is 71.7 Å². The number of nitrogen functional groups attached to an aromatic ring is 1. The van der Waals surface area contributed by atoms with Gasteiger partial charge in [0.15, 0.2) is 11.6 Å². The van der Waals surface area contributed by atoms with Crippen molar-refractivity contribution in [2.24, 2.45) is 7.05 Å². The van der Waals surface area contributed by atoms with Crippen LogP contribution in [0, 0.1) is 5.82 Å². The predicted molar refractivity (Wildman–Crippen MR) is 40.8 cm³/mol. The fourth-order valence-corrected chi connectivity index (χ4v) is 0.875. The van der Waals surface area contributed by atoms with Crippen LogP contribution in [0.2, 0.25) is 0 Å². The van der Waals surface area contributed by atoms with Crippen LogP contribution in [-0.2, 0) is 7.05 Å². The largest absolute Gasteiger partial charge is 0.380 e. The normalized spacial score (nSPS) is 10.6. The SMILES string of the molecule is Cn1nnc(-c2[nH]nc(N)c2F)n1. The first-order valence-corrected chi connectivity index (χ1v) is 3.42. The average Bonchev–Trinajstić information content (AvgIpc) is 2.62. The van der Waals surface area contributed by atoms with Crippen molar-refractivity contribution in [1.29, 1.82) is 0 Å². The summed E-state index contributed by atoms with van der Waals surface area (Å²) in [6.07, 6.45) is 0. The Balaban J connectivity index is 2.52. The Kier molecular flexibility index (Phi) is 1.47. The van der Waals surface area contributed by atoms with E-state index in [1.54, 1.807) is 7.05 Å². The minimum Gasteiger partial charge on any atom is -0.380 e. The van der Waals surface area contributed by atoms with Gasteiger partial charge in [-0.3, -0.25) is 5.10 Å². The first kappa shape index (κ1) is 7.65. The molecule has 0 bridgehead atoms. The van der Waals surface area contributed by atoms with E-state index in [1.165, 1.54) is 4.80 Å². The van der Waals surface area contributed by atoms with Gasteiger partial charge in [0.1, 0.15) is 5.69 Å². The van der Waals surface area contributed by atoms with Crippen LogP contribution in [0.3, 0.4) is 0 Å². The lowest BCUT2D eigenvalue weighted by atomic mass is 10.4. The number of nitrogens with one attached hydrogen (secondary N) is 1. The highest BCUT2D eigenvalue weighted by Gasteiger charge is 2.15. The van der Waals surface area contributed by atoms with Crippen LogP contribution in [0.5, 0.6) is 0 Å². The van der Waals surface area contributed by atoms with Crippen molar-refractivity contribution < 1.29 is 4.39 Å². The standard InChI is InChI=1S/C5H6FN7/c1-13-11-5(10-12-13)3-2(6)4(7)9-8-3/h1H3,(H3,7,8,9). The molecule has 13 heavy (non-hydrogen) atoms. The van der Waals surface area contributed by atoms with E-state index in [2.05, 4.69) is 25.6 Å². The number of aromatic nitrogens is 6. The third-order valence-corrected chi connectivity index (χ3v) is 1.46. The molecule has 0 unspecified atom stereocenters. The molecule has 0 aliphatic heterocycles. The number of aromatic amines is 1. The van der Waals surface area contributed by atoms with Crippen LogP contribution in [0.25, 0.3) is 11.5 Å². The summed E-state index contributed by atoms with van der Waals surface area (Å²) < 4.78 is 13.1. The molecule has 0 amide bonds. The van der Waals surface area contributed by atoms with Gasteiger partial charge in [0.05, 0.1) is 7.05 Å². The molecule has 0 aliphatic rings. The van der Waals surface area contributed by atoms with Crippen LogP contribution in [0.15, 0.2) is 0 Å². The summed E-state index contributed by atoms with van der Waals surface area (Å²) in [6, 6.07) is 0. The topological polar surface area (TPSA) is 98.3 Å². The van der Waals surface area contributed by atoms with Crippen molar-refractivity contribution in [2.45, 2.75) is 0 Å². The number of anilines is 1. The molecule has 0 fully saturated rings. The van der Waals surface area contributed by atoms with Crippen molar-refractivity contribution in [3.63, 3.8) is 0 Å². The molecule has 8 heteroatoms. The third-order valence-electron chi connectivity index (χ3n) is 1.46. The lowest BCUT2D eigenvalue weighted by Gasteiger charge is -1.86. The molecule has 2 aromatic rings. The number of nitrogens with two attached hydrogens (primary N) is 1. The zero-order valence-electron chi connectivity index (χ0n) is 6.69. The van der Waals surface area contributed by atoms with Gasteiger partial charge < -0.3 is 5.73 Å². The summed E-state index contributed by atoms with van der Waals surface area (Å²) in [7, 11) is 1.58. The summed E-state index contributed by atoms with van der Waals surface area (Å²) in [4.78, 5) is 1.21. The number of hydrogen-bond donors (Lipinski definition) is 2. The van der Waals surface area contributed by atoms with E-state index >= 15 is 0 Å². The minimum absolute atomic E-state index is 0.0469. The fourth-order valence-electron chi connectivity index (χ4n) is 0.875. The fraction of sp³-hybridized carbons (Fsp3) is 0.200.